The van der Waals surface area contributed by atoms with Gasteiger partial charge in [0.2, 0.25) is 5.78 Å². The van der Waals surface area contributed by atoms with E-state index in [9.17, 15) is 18.0 Å². The van der Waals surface area contributed by atoms with E-state index >= 15 is 0 Å². The van der Waals surface area contributed by atoms with Crippen molar-refractivity contribution in [3.05, 3.63) is 35.9 Å². The lowest BCUT2D eigenvalue weighted by Gasteiger charge is -2.14. The minimum Gasteiger partial charge on any atom is -0.454 e. The smallest absolute Gasteiger partial charge is 0.306 e. The summed E-state index contributed by atoms with van der Waals surface area (Å²) in [6.45, 7) is 1.53. The molecular formula is C15H18O5S. The van der Waals surface area contributed by atoms with Crippen LogP contribution in [-0.2, 0) is 19.4 Å². The Kier molecular flexibility index (Phi) is 4.77. The first-order valence-corrected chi connectivity index (χ1v) is 8.69. The van der Waals surface area contributed by atoms with Crippen molar-refractivity contribution >= 4 is 21.6 Å². The maximum absolute atomic E-state index is 12.0. The van der Waals surface area contributed by atoms with E-state index in [1.807, 2.05) is 0 Å². The zero-order valence-corrected chi connectivity index (χ0v) is 12.6. The van der Waals surface area contributed by atoms with Crippen molar-refractivity contribution in [2.75, 3.05) is 11.5 Å². The molecule has 2 unspecified atom stereocenters. The van der Waals surface area contributed by atoms with Gasteiger partial charge in [0, 0.05) is 12.0 Å². The third kappa shape index (κ3) is 4.39. The highest BCUT2D eigenvalue weighted by Crippen LogP contribution is 2.22. The van der Waals surface area contributed by atoms with Crippen LogP contribution in [0.1, 0.15) is 30.1 Å². The summed E-state index contributed by atoms with van der Waals surface area (Å²) < 4.78 is 27.8. The van der Waals surface area contributed by atoms with E-state index in [1.54, 1.807) is 30.3 Å². The molecule has 6 heteroatoms. The van der Waals surface area contributed by atoms with Crippen molar-refractivity contribution in [1.82, 2.24) is 0 Å². The highest BCUT2D eigenvalue weighted by molar-refractivity contribution is 7.91. The average Bonchev–Trinajstić information content (AvgIpc) is 2.77. The number of benzene rings is 1. The molecule has 0 aliphatic carbocycles. The number of esters is 1. The first-order valence-electron chi connectivity index (χ1n) is 6.86. The van der Waals surface area contributed by atoms with Gasteiger partial charge in [-0.2, -0.15) is 0 Å². The van der Waals surface area contributed by atoms with Crippen molar-refractivity contribution in [3.8, 4) is 0 Å². The van der Waals surface area contributed by atoms with Gasteiger partial charge in [-0.25, -0.2) is 8.42 Å². The molecule has 1 aliphatic heterocycles. The molecule has 21 heavy (non-hydrogen) atoms. The number of rotatable bonds is 5. The van der Waals surface area contributed by atoms with Crippen LogP contribution in [0.5, 0.6) is 0 Å². The van der Waals surface area contributed by atoms with Crippen LogP contribution in [-0.4, -0.2) is 37.8 Å². The van der Waals surface area contributed by atoms with Gasteiger partial charge in [-0.15, -0.1) is 0 Å². The van der Waals surface area contributed by atoms with Gasteiger partial charge in [-0.1, -0.05) is 30.3 Å². The van der Waals surface area contributed by atoms with E-state index in [4.69, 9.17) is 4.74 Å². The normalized spacial score (nSPS) is 21.7. The SMILES string of the molecule is CC(OC(=O)CC1CCS(=O)(=O)C1)C(=O)c1ccccc1. The molecule has 2 atom stereocenters. The molecular weight excluding hydrogens is 292 g/mol. The fraction of sp³-hybridized carbons (Fsp3) is 0.467. The number of ketones is 1. The summed E-state index contributed by atoms with van der Waals surface area (Å²) in [6, 6.07) is 8.61. The topological polar surface area (TPSA) is 77.5 Å². The molecule has 114 valence electrons. The second-order valence-corrected chi connectivity index (χ2v) is 7.56. The molecule has 0 aromatic heterocycles. The van der Waals surface area contributed by atoms with Gasteiger partial charge in [0.1, 0.15) is 0 Å². The number of Topliss-reactive ketones (excluding diaryl/α,β-unsaturated/α-hetero) is 1. The van der Waals surface area contributed by atoms with Gasteiger partial charge >= 0.3 is 5.97 Å². The van der Waals surface area contributed by atoms with Crippen LogP contribution in [0.15, 0.2) is 30.3 Å². The van der Waals surface area contributed by atoms with Crippen molar-refractivity contribution < 1.29 is 22.7 Å². The summed E-state index contributed by atoms with van der Waals surface area (Å²) >= 11 is 0. The van der Waals surface area contributed by atoms with Crippen molar-refractivity contribution in [3.63, 3.8) is 0 Å². The second kappa shape index (κ2) is 6.39. The largest absolute Gasteiger partial charge is 0.454 e. The zero-order chi connectivity index (χ0) is 15.5. The molecule has 1 aromatic rings. The number of ether oxygens (including phenoxy) is 1. The fourth-order valence-corrected chi connectivity index (χ4v) is 4.27. The van der Waals surface area contributed by atoms with Crippen molar-refractivity contribution in [1.29, 1.82) is 0 Å². The highest BCUT2D eigenvalue weighted by atomic mass is 32.2. The number of hydrogen-bond donors (Lipinski definition) is 0. The van der Waals surface area contributed by atoms with Gasteiger partial charge in [-0.3, -0.25) is 9.59 Å². The molecule has 0 N–H and O–H groups in total. The first-order chi connectivity index (χ1) is 9.87. The summed E-state index contributed by atoms with van der Waals surface area (Å²) in [5.74, 6) is -0.814. The lowest BCUT2D eigenvalue weighted by molar-refractivity contribution is -0.147. The molecule has 1 aliphatic rings. The fourth-order valence-electron chi connectivity index (χ4n) is 2.40. The van der Waals surface area contributed by atoms with Crippen LogP contribution in [0.4, 0.5) is 0 Å². The third-order valence-corrected chi connectivity index (χ3v) is 5.35. The number of carbonyl (C=O) groups excluding carboxylic acids is 2. The van der Waals surface area contributed by atoms with E-state index in [1.165, 1.54) is 6.92 Å². The lowest BCUT2D eigenvalue weighted by Crippen LogP contribution is -2.25. The molecule has 0 amide bonds. The summed E-state index contributed by atoms with van der Waals surface area (Å²) in [4.78, 5) is 23.8. The van der Waals surface area contributed by atoms with Gasteiger partial charge in [0.05, 0.1) is 11.5 Å². The number of carbonyl (C=O) groups is 2. The van der Waals surface area contributed by atoms with Gasteiger partial charge in [0.25, 0.3) is 0 Å². The van der Waals surface area contributed by atoms with Crippen LogP contribution in [0.3, 0.4) is 0 Å². The quantitative estimate of drug-likeness (QED) is 0.610. The maximum atomic E-state index is 12.0. The molecule has 1 aromatic carbocycles. The van der Waals surface area contributed by atoms with E-state index in [0.717, 1.165) is 0 Å². The highest BCUT2D eigenvalue weighted by Gasteiger charge is 2.30. The molecule has 0 bridgehead atoms. The molecule has 5 nitrogen and oxygen atoms in total. The number of sulfone groups is 1. The Morgan fingerprint density at radius 3 is 2.52 bits per heavy atom. The van der Waals surface area contributed by atoms with Crippen LogP contribution in [0.2, 0.25) is 0 Å². The van der Waals surface area contributed by atoms with Crippen LogP contribution in [0.25, 0.3) is 0 Å². The zero-order valence-electron chi connectivity index (χ0n) is 11.8. The monoisotopic (exact) mass is 310 g/mol. The third-order valence-electron chi connectivity index (χ3n) is 3.52. The summed E-state index contributed by atoms with van der Waals surface area (Å²) in [5, 5.41) is 0. The number of hydrogen-bond acceptors (Lipinski definition) is 5. The maximum Gasteiger partial charge on any atom is 0.306 e. The van der Waals surface area contributed by atoms with Gasteiger partial charge in [-0.05, 0) is 19.3 Å². The Labute approximate surface area is 124 Å². The molecule has 0 radical (unpaired) electrons. The molecule has 1 fully saturated rings. The van der Waals surface area contributed by atoms with Gasteiger partial charge < -0.3 is 4.74 Å². The Hall–Kier alpha value is -1.69. The summed E-state index contributed by atoms with van der Waals surface area (Å²) in [7, 11) is -3.00. The molecule has 0 saturated carbocycles. The average molecular weight is 310 g/mol. The van der Waals surface area contributed by atoms with Crippen molar-refractivity contribution in [2.45, 2.75) is 25.9 Å². The van der Waals surface area contributed by atoms with E-state index < -0.39 is 21.9 Å². The molecule has 1 saturated heterocycles. The van der Waals surface area contributed by atoms with Gasteiger partial charge in [0.15, 0.2) is 15.9 Å². The van der Waals surface area contributed by atoms with E-state index in [0.29, 0.717) is 12.0 Å². The predicted octanol–water partition coefficient (Wildman–Crippen LogP) is 1.63. The Morgan fingerprint density at radius 1 is 1.29 bits per heavy atom. The van der Waals surface area contributed by atoms with Crippen LogP contribution in [0, 0.1) is 5.92 Å². The Balaban J connectivity index is 1.87. The first kappa shape index (κ1) is 15.7. The summed E-state index contributed by atoms with van der Waals surface area (Å²) in [6.07, 6.45) is -0.331. The Morgan fingerprint density at radius 2 is 1.95 bits per heavy atom. The summed E-state index contributed by atoms with van der Waals surface area (Å²) in [5.41, 5.74) is 0.487. The minimum atomic E-state index is -3.00. The Bertz CT molecular complexity index is 621. The molecule has 2 rings (SSSR count). The minimum absolute atomic E-state index is 0.0309. The molecule has 0 spiro atoms. The lowest BCUT2D eigenvalue weighted by atomic mass is 10.1. The van der Waals surface area contributed by atoms with E-state index in [-0.39, 0.29) is 29.6 Å². The van der Waals surface area contributed by atoms with Crippen LogP contribution < -0.4 is 0 Å². The predicted molar refractivity (Wildman–Crippen MR) is 77.7 cm³/mol. The standard InChI is InChI=1S/C15H18O5S/c1-11(15(17)13-5-3-2-4-6-13)20-14(16)9-12-7-8-21(18,19)10-12/h2-6,11-12H,7-10H2,1H3. The van der Waals surface area contributed by atoms with E-state index in [2.05, 4.69) is 0 Å². The van der Waals surface area contributed by atoms with Crippen molar-refractivity contribution in [2.24, 2.45) is 5.92 Å². The molecule has 1 heterocycles. The second-order valence-electron chi connectivity index (χ2n) is 5.34. The van der Waals surface area contributed by atoms with Crippen LogP contribution >= 0.6 is 0 Å².